The van der Waals surface area contributed by atoms with Crippen molar-refractivity contribution in [1.82, 2.24) is 10.3 Å². The van der Waals surface area contributed by atoms with Crippen molar-refractivity contribution in [3.63, 3.8) is 0 Å². The first-order valence-corrected chi connectivity index (χ1v) is 14.9. The SMILES string of the molecule is CS(=O)(=O)c1ccc(-c2ccc(CNC(=O)c3ccc(Oc4cccc(S(C)(=O)=O)c4)nc3)cc2)cc1. The standard InChI is InChI=1S/C27H24N2O6S2/c1-36(31,32)24-13-10-21(11-14-24)20-8-6-19(7-9-20)17-29-27(30)22-12-15-26(28-18-22)35-23-4-3-5-25(16-23)37(2,33)34/h3-16,18H,17H2,1-2H3,(H,29,30). The molecule has 4 rings (SSSR count). The van der Waals surface area contributed by atoms with Crippen molar-refractivity contribution in [2.75, 3.05) is 12.5 Å². The number of amides is 1. The van der Waals surface area contributed by atoms with Gasteiger partial charge in [0.25, 0.3) is 5.91 Å². The van der Waals surface area contributed by atoms with Crippen LogP contribution in [-0.2, 0) is 26.2 Å². The molecule has 1 amide bonds. The maximum Gasteiger partial charge on any atom is 0.253 e. The number of nitrogens with zero attached hydrogens (tertiary/aromatic N) is 1. The zero-order chi connectivity index (χ0) is 26.6. The van der Waals surface area contributed by atoms with Crippen molar-refractivity contribution in [2.45, 2.75) is 16.3 Å². The second-order valence-electron chi connectivity index (χ2n) is 8.41. The summed E-state index contributed by atoms with van der Waals surface area (Å²) in [5, 5.41) is 2.84. The molecule has 1 aromatic heterocycles. The molecule has 37 heavy (non-hydrogen) atoms. The average molecular weight is 537 g/mol. The zero-order valence-electron chi connectivity index (χ0n) is 20.1. The Balaban J connectivity index is 1.34. The van der Waals surface area contributed by atoms with Crippen LogP contribution in [0.2, 0.25) is 0 Å². The number of rotatable bonds is 8. The minimum Gasteiger partial charge on any atom is -0.439 e. The number of carbonyl (C=O) groups is 1. The number of aromatic nitrogens is 1. The Hall–Kier alpha value is -4.02. The van der Waals surface area contributed by atoms with Crippen molar-refractivity contribution in [3.8, 4) is 22.8 Å². The zero-order valence-corrected chi connectivity index (χ0v) is 21.7. The van der Waals surface area contributed by atoms with Crippen LogP contribution in [0.25, 0.3) is 11.1 Å². The molecule has 1 N–H and O–H groups in total. The summed E-state index contributed by atoms with van der Waals surface area (Å²) < 4.78 is 52.3. The van der Waals surface area contributed by atoms with Crippen molar-refractivity contribution < 1.29 is 26.4 Å². The van der Waals surface area contributed by atoms with E-state index in [1.165, 1.54) is 30.7 Å². The number of hydrogen-bond donors (Lipinski definition) is 1. The van der Waals surface area contributed by atoms with Crippen molar-refractivity contribution in [3.05, 3.63) is 102 Å². The van der Waals surface area contributed by atoms with Crippen LogP contribution in [0.1, 0.15) is 15.9 Å². The van der Waals surface area contributed by atoms with E-state index in [0.717, 1.165) is 22.9 Å². The van der Waals surface area contributed by atoms with E-state index in [2.05, 4.69) is 10.3 Å². The third-order valence-corrected chi connectivity index (χ3v) is 7.72. The number of pyridine rings is 1. The van der Waals surface area contributed by atoms with Crippen molar-refractivity contribution in [1.29, 1.82) is 0 Å². The molecule has 0 atom stereocenters. The minimum atomic E-state index is -3.36. The quantitative estimate of drug-likeness (QED) is 0.357. The van der Waals surface area contributed by atoms with Gasteiger partial charge >= 0.3 is 0 Å². The molecule has 0 aliphatic carbocycles. The first-order valence-electron chi connectivity index (χ1n) is 11.1. The molecule has 0 bridgehead atoms. The summed E-state index contributed by atoms with van der Waals surface area (Å²) in [6.45, 7) is 0.308. The molecule has 4 aromatic rings. The maximum absolute atomic E-state index is 12.5. The lowest BCUT2D eigenvalue weighted by atomic mass is 10.0. The Morgan fingerprint density at radius 1 is 0.784 bits per heavy atom. The highest BCUT2D eigenvalue weighted by atomic mass is 32.2. The van der Waals surface area contributed by atoms with Crippen LogP contribution in [0.5, 0.6) is 11.6 Å². The molecule has 0 saturated carbocycles. The molecule has 0 unspecified atom stereocenters. The third-order valence-electron chi connectivity index (χ3n) is 5.48. The van der Waals surface area contributed by atoms with Crippen LogP contribution in [0, 0.1) is 0 Å². The van der Waals surface area contributed by atoms with E-state index >= 15 is 0 Å². The van der Waals surface area contributed by atoms with Gasteiger partial charge in [-0.3, -0.25) is 4.79 Å². The fraction of sp³-hybridized carbons (Fsp3) is 0.111. The van der Waals surface area contributed by atoms with Gasteiger partial charge < -0.3 is 10.1 Å². The summed E-state index contributed by atoms with van der Waals surface area (Å²) in [7, 11) is -6.60. The van der Waals surface area contributed by atoms with Gasteiger partial charge in [-0.25, -0.2) is 21.8 Å². The Bertz CT molecular complexity index is 1630. The topological polar surface area (TPSA) is 119 Å². The lowest BCUT2D eigenvalue weighted by Gasteiger charge is -2.09. The van der Waals surface area contributed by atoms with E-state index in [4.69, 9.17) is 4.74 Å². The third kappa shape index (κ3) is 6.81. The molecular formula is C27H24N2O6S2. The Morgan fingerprint density at radius 3 is 1.97 bits per heavy atom. The smallest absolute Gasteiger partial charge is 0.253 e. The predicted octanol–water partition coefficient (Wildman–Crippen LogP) is 4.28. The van der Waals surface area contributed by atoms with Gasteiger partial charge in [0, 0.05) is 31.3 Å². The molecule has 8 nitrogen and oxygen atoms in total. The van der Waals surface area contributed by atoms with Gasteiger partial charge in [0.05, 0.1) is 15.4 Å². The van der Waals surface area contributed by atoms with Crippen LogP contribution in [0.15, 0.2) is 101 Å². The number of hydrogen-bond acceptors (Lipinski definition) is 7. The summed E-state index contributed by atoms with van der Waals surface area (Å²) in [6.07, 6.45) is 3.67. The van der Waals surface area contributed by atoms with Crippen LogP contribution >= 0.6 is 0 Å². The van der Waals surface area contributed by atoms with Gasteiger partial charge in [-0.05, 0) is 53.1 Å². The molecule has 10 heteroatoms. The summed E-state index contributed by atoms with van der Waals surface area (Å²) in [5.41, 5.74) is 3.06. The van der Waals surface area contributed by atoms with Gasteiger partial charge in [0.2, 0.25) is 5.88 Å². The minimum absolute atomic E-state index is 0.138. The predicted molar refractivity (Wildman–Crippen MR) is 140 cm³/mol. The molecule has 0 radical (unpaired) electrons. The lowest BCUT2D eigenvalue weighted by molar-refractivity contribution is 0.0950. The largest absolute Gasteiger partial charge is 0.439 e. The number of nitrogens with one attached hydrogen (secondary N) is 1. The maximum atomic E-state index is 12.5. The summed E-state index contributed by atoms with van der Waals surface area (Å²) in [4.78, 5) is 17.1. The number of sulfone groups is 2. The normalized spacial score (nSPS) is 11.6. The van der Waals surface area contributed by atoms with Crippen LogP contribution in [0.4, 0.5) is 0 Å². The summed E-state index contributed by atoms with van der Waals surface area (Å²) >= 11 is 0. The van der Waals surface area contributed by atoms with E-state index in [1.807, 2.05) is 24.3 Å². The first-order chi connectivity index (χ1) is 17.5. The Labute approximate surface area is 215 Å². The van der Waals surface area contributed by atoms with Gasteiger partial charge in [-0.1, -0.05) is 42.5 Å². The van der Waals surface area contributed by atoms with E-state index in [9.17, 15) is 21.6 Å². The second kappa shape index (κ2) is 10.5. The molecule has 0 spiro atoms. The second-order valence-corrected chi connectivity index (χ2v) is 12.4. The molecule has 1 heterocycles. The highest BCUT2D eigenvalue weighted by Gasteiger charge is 2.11. The molecular weight excluding hydrogens is 512 g/mol. The fourth-order valence-corrected chi connectivity index (χ4v) is 4.74. The van der Waals surface area contributed by atoms with E-state index in [0.29, 0.717) is 17.9 Å². The molecule has 0 aliphatic rings. The monoisotopic (exact) mass is 536 g/mol. The molecule has 0 saturated heterocycles. The fourth-order valence-electron chi connectivity index (χ4n) is 3.46. The Kier molecular flexibility index (Phi) is 7.42. The van der Waals surface area contributed by atoms with E-state index in [-0.39, 0.29) is 21.6 Å². The molecule has 0 aliphatic heterocycles. The van der Waals surface area contributed by atoms with Gasteiger partial charge in [0.15, 0.2) is 19.7 Å². The van der Waals surface area contributed by atoms with Crippen molar-refractivity contribution in [2.24, 2.45) is 0 Å². The summed E-state index contributed by atoms with van der Waals surface area (Å²) in [5.74, 6) is 0.239. The van der Waals surface area contributed by atoms with Gasteiger partial charge in [-0.2, -0.15) is 0 Å². The van der Waals surface area contributed by atoms with Crippen LogP contribution in [0.3, 0.4) is 0 Å². The molecule has 3 aromatic carbocycles. The molecule has 190 valence electrons. The average Bonchev–Trinajstić information content (AvgIpc) is 2.87. The van der Waals surface area contributed by atoms with Crippen LogP contribution < -0.4 is 10.1 Å². The van der Waals surface area contributed by atoms with E-state index in [1.54, 1.807) is 42.5 Å². The first kappa shape index (κ1) is 26.1. The van der Waals surface area contributed by atoms with Crippen LogP contribution in [-0.4, -0.2) is 40.2 Å². The lowest BCUT2D eigenvalue weighted by Crippen LogP contribution is -2.22. The van der Waals surface area contributed by atoms with Crippen molar-refractivity contribution >= 4 is 25.6 Å². The Morgan fingerprint density at radius 2 is 1.41 bits per heavy atom. The van der Waals surface area contributed by atoms with Gasteiger partial charge in [0.1, 0.15) is 5.75 Å². The van der Waals surface area contributed by atoms with Gasteiger partial charge in [-0.15, -0.1) is 0 Å². The van der Waals surface area contributed by atoms with E-state index < -0.39 is 19.7 Å². The number of benzene rings is 3. The highest BCUT2D eigenvalue weighted by Crippen LogP contribution is 2.24. The summed E-state index contributed by atoms with van der Waals surface area (Å²) in [6, 6.07) is 23.5. The highest BCUT2D eigenvalue weighted by molar-refractivity contribution is 7.91. The molecule has 0 fully saturated rings. The number of carbonyl (C=O) groups excluding carboxylic acids is 1. The number of ether oxygens (including phenoxy) is 1.